The maximum atomic E-state index is 12.7. The third-order valence-corrected chi connectivity index (χ3v) is 4.39. The fourth-order valence-corrected chi connectivity index (χ4v) is 2.85. The van der Waals surface area contributed by atoms with E-state index in [2.05, 4.69) is 20.6 Å². The van der Waals surface area contributed by atoms with Crippen LogP contribution < -0.4 is 10.6 Å². The lowest BCUT2D eigenvalue weighted by Gasteiger charge is -2.13. The minimum atomic E-state index is -0.356. The van der Waals surface area contributed by atoms with E-state index in [9.17, 15) is 9.59 Å². The van der Waals surface area contributed by atoms with E-state index in [1.807, 2.05) is 50.2 Å². The molecule has 6 heteroatoms. The molecule has 28 heavy (non-hydrogen) atoms. The minimum Gasteiger partial charge on any atom is -0.345 e. The van der Waals surface area contributed by atoms with Crippen LogP contribution >= 0.6 is 0 Å². The van der Waals surface area contributed by atoms with Gasteiger partial charge in [0.25, 0.3) is 11.8 Å². The van der Waals surface area contributed by atoms with Gasteiger partial charge in [-0.1, -0.05) is 31.2 Å². The molecular formula is C22H22N4O2. The van der Waals surface area contributed by atoms with Gasteiger partial charge in [-0.05, 0) is 48.7 Å². The number of amides is 2. The first-order valence-electron chi connectivity index (χ1n) is 9.12. The van der Waals surface area contributed by atoms with Gasteiger partial charge in [-0.3, -0.25) is 19.6 Å². The zero-order valence-electron chi connectivity index (χ0n) is 15.9. The average molecular weight is 374 g/mol. The van der Waals surface area contributed by atoms with Crippen LogP contribution in [0.5, 0.6) is 0 Å². The van der Waals surface area contributed by atoms with E-state index in [1.54, 1.807) is 12.3 Å². The molecule has 0 unspecified atom stereocenters. The van der Waals surface area contributed by atoms with Gasteiger partial charge in [0.1, 0.15) is 5.69 Å². The van der Waals surface area contributed by atoms with Crippen LogP contribution in [0, 0.1) is 6.92 Å². The van der Waals surface area contributed by atoms with Crippen molar-refractivity contribution < 1.29 is 9.59 Å². The molecule has 2 heterocycles. The second kappa shape index (κ2) is 8.90. The predicted octanol–water partition coefficient (Wildman–Crippen LogP) is 3.53. The molecule has 0 saturated heterocycles. The van der Waals surface area contributed by atoms with Crippen LogP contribution in [0.15, 0.2) is 60.9 Å². The van der Waals surface area contributed by atoms with E-state index in [-0.39, 0.29) is 17.5 Å². The fraction of sp³-hybridized carbons (Fsp3) is 0.182. The number of carbonyl (C=O) groups excluding carboxylic acids is 2. The molecule has 3 aromatic rings. The molecule has 0 aliphatic heterocycles. The van der Waals surface area contributed by atoms with Crippen LogP contribution in [-0.2, 0) is 13.0 Å². The molecule has 0 saturated carbocycles. The molecule has 0 aliphatic carbocycles. The molecule has 0 fully saturated rings. The Hall–Kier alpha value is -3.54. The second-order valence-electron chi connectivity index (χ2n) is 6.35. The van der Waals surface area contributed by atoms with Gasteiger partial charge in [-0.15, -0.1) is 0 Å². The average Bonchev–Trinajstić information content (AvgIpc) is 2.74. The number of nitrogens with zero attached hydrogens (tertiary/aromatic N) is 2. The smallest absolute Gasteiger partial charge is 0.270 e. The third-order valence-electron chi connectivity index (χ3n) is 4.39. The number of benzene rings is 1. The van der Waals surface area contributed by atoms with Crippen molar-refractivity contribution >= 4 is 17.5 Å². The first-order chi connectivity index (χ1) is 13.6. The highest BCUT2D eigenvalue weighted by atomic mass is 16.2. The van der Waals surface area contributed by atoms with Crippen molar-refractivity contribution in [2.75, 3.05) is 5.32 Å². The van der Waals surface area contributed by atoms with Gasteiger partial charge < -0.3 is 10.6 Å². The minimum absolute atomic E-state index is 0.184. The summed E-state index contributed by atoms with van der Waals surface area (Å²) in [4.78, 5) is 33.3. The molecule has 0 atom stereocenters. The van der Waals surface area contributed by atoms with E-state index in [1.165, 1.54) is 12.3 Å². The standard InChI is InChI=1S/C22H22N4O2/c1-3-16-8-6-7-15(2)20(16)26-21(27)17-10-12-24-19(13-17)22(28)25-14-18-9-4-5-11-23-18/h4-13H,3,14H2,1-2H3,(H,25,28)(H,26,27). The van der Waals surface area contributed by atoms with Gasteiger partial charge >= 0.3 is 0 Å². The number of aryl methyl sites for hydroxylation is 2. The van der Waals surface area contributed by atoms with Crippen molar-refractivity contribution in [3.63, 3.8) is 0 Å². The van der Waals surface area contributed by atoms with Gasteiger partial charge in [0.05, 0.1) is 12.2 Å². The van der Waals surface area contributed by atoms with Gasteiger partial charge in [0.2, 0.25) is 0 Å². The second-order valence-corrected chi connectivity index (χ2v) is 6.35. The summed E-state index contributed by atoms with van der Waals surface area (Å²) in [6.07, 6.45) is 3.94. The zero-order chi connectivity index (χ0) is 19.9. The normalized spacial score (nSPS) is 10.4. The number of aromatic nitrogens is 2. The quantitative estimate of drug-likeness (QED) is 0.691. The monoisotopic (exact) mass is 374 g/mol. The molecule has 0 radical (unpaired) electrons. The number of rotatable bonds is 6. The van der Waals surface area contributed by atoms with Crippen LogP contribution in [0.1, 0.15) is 44.6 Å². The fourth-order valence-electron chi connectivity index (χ4n) is 2.85. The zero-order valence-corrected chi connectivity index (χ0v) is 15.9. The van der Waals surface area contributed by atoms with E-state index >= 15 is 0 Å². The number of carbonyl (C=O) groups is 2. The van der Waals surface area contributed by atoms with E-state index < -0.39 is 0 Å². The number of nitrogens with one attached hydrogen (secondary N) is 2. The number of anilines is 1. The summed E-state index contributed by atoms with van der Waals surface area (Å²) < 4.78 is 0. The molecule has 3 rings (SSSR count). The molecular weight excluding hydrogens is 352 g/mol. The lowest BCUT2D eigenvalue weighted by atomic mass is 10.1. The Morgan fingerprint density at radius 3 is 2.57 bits per heavy atom. The van der Waals surface area contributed by atoms with Gasteiger partial charge in [-0.25, -0.2) is 0 Å². The molecule has 0 aliphatic rings. The summed E-state index contributed by atoms with van der Waals surface area (Å²) >= 11 is 0. The van der Waals surface area contributed by atoms with Crippen molar-refractivity contribution in [3.05, 3.63) is 89.0 Å². The summed E-state index contributed by atoms with van der Waals surface area (Å²) in [5.74, 6) is -0.629. The Morgan fingerprint density at radius 1 is 0.964 bits per heavy atom. The van der Waals surface area contributed by atoms with Crippen molar-refractivity contribution in [1.82, 2.24) is 15.3 Å². The Kier molecular flexibility index (Phi) is 6.11. The molecule has 1 aromatic carbocycles. The summed E-state index contributed by atoms with van der Waals surface area (Å²) in [6, 6.07) is 14.5. The van der Waals surface area contributed by atoms with Gasteiger partial charge in [0.15, 0.2) is 0 Å². The molecule has 142 valence electrons. The Morgan fingerprint density at radius 2 is 1.82 bits per heavy atom. The van der Waals surface area contributed by atoms with Crippen LogP contribution in [0.4, 0.5) is 5.69 Å². The topological polar surface area (TPSA) is 84.0 Å². The third kappa shape index (κ3) is 4.59. The number of hydrogen-bond donors (Lipinski definition) is 2. The number of para-hydroxylation sites is 1. The summed E-state index contributed by atoms with van der Waals surface area (Å²) in [6.45, 7) is 4.29. The van der Waals surface area contributed by atoms with Crippen molar-refractivity contribution in [2.45, 2.75) is 26.8 Å². The Balaban J connectivity index is 1.72. The summed E-state index contributed by atoms with van der Waals surface area (Å²) in [7, 11) is 0. The number of pyridine rings is 2. The first-order valence-corrected chi connectivity index (χ1v) is 9.12. The Labute approximate surface area is 164 Å². The van der Waals surface area contributed by atoms with Crippen LogP contribution in [0.3, 0.4) is 0 Å². The SMILES string of the molecule is CCc1cccc(C)c1NC(=O)c1ccnc(C(=O)NCc2ccccn2)c1. The van der Waals surface area contributed by atoms with Crippen molar-refractivity contribution in [1.29, 1.82) is 0 Å². The predicted molar refractivity (Wildman–Crippen MR) is 108 cm³/mol. The van der Waals surface area contributed by atoms with Crippen LogP contribution in [0.25, 0.3) is 0 Å². The molecule has 2 amide bonds. The van der Waals surface area contributed by atoms with E-state index in [0.29, 0.717) is 12.1 Å². The van der Waals surface area contributed by atoms with Crippen LogP contribution in [-0.4, -0.2) is 21.8 Å². The molecule has 0 spiro atoms. The molecule has 2 N–H and O–H groups in total. The summed E-state index contributed by atoms with van der Waals surface area (Å²) in [5, 5.41) is 5.72. The van der Waals surface area contributed by atoms with Gasteiger partial charge in [-0.2, -0.15) is 0 Å². The maximum absolute atomic E-state index is 12.7. The highest BCUT2D eigenvalue weighted by molar-refractivity contribution is 6.06. The first kappa shape index (κ1) is 19.2. The largest absolute Gasteiger partial charge is 0.345 e. The molecule has 6 nitrogen and oxygen atoms in total. The summed E-state index contributed by atoms with van der Waals surface area (Å²) in [5.41, 5.74) is 4.18. The van der Waals surface area contributed by atoms with Crippen molar-refractivity contribution in [3.8, 4) is 0 Å². The van der Waals surface area contributed by atoms with Crippen LogP contribution in [0.2, 0.25) is 0 Å². The Bertz CT molecular complexity index is 987. The van der Waals surface area contributed by atoms with E-state index in [0.717, 1.165) is 28.9 Å². The van der Waals surface area contributed by atoms with Crippen molar-refractivity contribution in [2.24, 2.45) is 0 Å². The highest BCUT2D eigenvalue weighted by Crippen LogP contribution is 2.22. The maximum Gasteiger partial charge on any atom is 0.270 e. The van der Waals surface area contributed by atoms with Gasteiger partial charge in [0, 0.05) is 23.6 Å². The molecule has 2 aromatic heterocycles. The van der Waals surface area contributed by atoms with E-state index in [4.69, 9.17) is 0 Å². The number of hydrogen-bond acceptors (Lipinski definition) is 4. The lowest BCUT2D eigenvalue weighted by molar-refractivity contribution is 0.0945. The lowest BCUT2D eigenvalue weighted by Crippen LogP contribution is -2.25. The molecule has 0 bridgehead atoms. The highest BCUT2D eigenvalue weighted by Gasteiger charge is 2.14.